The maximum Gasteiger partial charge on any atom is 0.258 e. The van der Waals surface area contributed by atoms with Crippen LogP contribution in [0.15, 0.2) is 41.2 Å². The SMILES string of the molecule is CCNC(=O)c1cc(Cl)ccc1NC(=O)c1ccoc1. The van der Waals surface area contributed by atoms with Gasteiger partial charge in [-0.1, -0.05) is 11.6 Å². The van der Waals surface area contributed by atoms with E-state index in [0.29, 0.717) is 28.4 Å². The predicted octanol–water partition coefficient (Wildman–Crippen LogP) is 2.94. The van der Waals surface area contributed by atoms with Crippen LogP contribution < -0.4 is 10.6 Å². The fourth-order valence-corrected chi connectivity index (χ4v) is 1.83. The van der Waals surface area contributed by atoms with Crippen LogP contribution in [0.3, 0.4) is 0 Å². The molecule has 6 heteroatoms. The number of amides is 2. The maximum atomic E-state index is 12.0. The Hall–Kier alpha value is -2.27. The lowest BCUT2D eigenvalue weighted by molar-refractivity contribution is 0.0956. The number of carbonyl (C=O) groups excluding carboxylic acids is 2. The Morgan fingerprint density at radius 2 is 2.05 bits per heavy atom. The van der Waals surface area contributed by atoms with Gasteiger partial charge in [0.05, 0.1) is 23.1 Å². The summed E-state index contributed by atoms with van der Waals surface area (Å²) in [6.45, 7) is 2.30. The van der Waals surface area contributed by atoms with Crippen LogP contribution in [0.5, 0.6) is 0 Å². The van der Waals surface area contributed by atoms with Gasteiger partial charge >= 0.3 is 0 Å². The second-order valence-corrected chi connectivity index (χ2v) is 4.45. The van der Waals surface area contributed by atoms with Crippen LogP contribution in [0.4, 0.5) is 5.69 Å². The fraction of sp³-hybridized carbons (Fsp3) is 0.143. The highest BCUT2D eigenvalue weighted by Gasteiger charge is 2.15. The largest absolute Gasteiger partial charge is 0.472 e. The number of rotatable bonds is 4. The average Bonchev–Trinajstić information content (AvgIpc) is 2.95. The minimum absolute atomic E-state index is 0.294. The van der Waals surface area contributed by atoms with Crippen molar-refractivity contribution in [2.24, 2.45) is 0 Å². The van der Waals surface area contributed by atoms with Gasteiger partial charge in [-0.2, -0.15) is 0 Å². The summed E-state index contributed by atoms with van der Waals surface area (Å²) in [4.78, 5) is 23.9. The summed E-state index contributed by atoms with van der Waals surface area (Å²) in [7, 11) is 0. The van der Waals surface area contributed by atoms with Gasteiger partial charge in [-0.05, 0) is 31.2 Å². The van der Waals surface area contributed by atoms with Crippen LogP contribution in [-0.4, -0.2) is 18.4 Å². The van der Waals surface area contributed by atoms with E-state index in [-0.39, 0.29) is 11.8 Å². The quantitative estimate of drug-likeness (QED) is 0.910. The standard InChI is InChI=1S/C14H13ClN2O3/c1-2-16-14(19)11-7-10(15)3-4-12(11)17-13(18)9-5-6-20-8-9/h3-8H,2H2,1H3,(H,16,19)(H,17,18). The molecule has 20 heavy (non-hydrogen) atoms. The molecule has 0 spiro atoms. The van der Waals surface area contributed by atoms with Crippen molar-refractivity contribution in [3.8, 4) is 0 Å². The monoisotopic (exact) mass is 292 g/mol. The fourth-order valence-electron chi connectivity index (χ4n) is 1.66. The lowest BCUT2D eigenvalue weighted by Gasteiger charge is -2.10. The van der Waals surface area contributed by atoms with Crippen LogP contribution in [0, 0.1) is 0 Å². The Morgan fingerprint density at radius 1 is 1.25 bits per heavy atom. The molecule has 1 heterocycles. The molecule has 0 atom stereocenters. The van der Waals surface area contributed by atoms with Crippen molar-refractivity contribution >= 4 is 29.1 Å². The Labute approximate surface area is 120 Å². The third kappa shape index (κ3) is 3.19. The molecule has 0 saturated carbocycles. The first-order valence-corrected chi connectivity index (χ1v) is 6.41. The molecule has 0 aliphatic heterocycles. The van der Waals surface area contributed by atoms with E-state index in [1.54, 1.807) is 12.1 Å². The van der Waals surface area contributed by atoms with Gasteiger partial charge in [0.1, 0.15) is 6.26 Å². The van der Waals surface area contributed by atoms with Crippen molar-refractivity contribution in [1.82, 2.24) is 5.32 Å². The van der Waals surface area contributed by atoms with Gasteiger partial charge in [0, 0.05) is 11.6 Å². The zero-order valence-electron chi connectivity index (χ0n) is 10.8. The van der Waals surface area contributed by atoms with Crippen LogP contribution in [0.1, 0.15) is 27.6 Å². The summed E-state index contributed by atoms with van der Waals surface area (Å²) >= 11 is 5.89. The molecule has 2 amide bonds. The van der Waals surface area contributed by atoms with Gasteiger partial charge in [-0.25, -0.2) is 0 Å². The lowest BCUT2D eigenvalue weighted by atomic mass is 10.1. The van der Waals surface area contributed by atoms with Gasteiger partial charge in [-0.15, -0.1) is 0 Å². The number of anilines is 1. The number of furan rings is 1. The number of hydrogen-bond donors (Lipinski definition) is 2. The van der Waals surface area contributed by atoms with Crippen LogP contribution >= 0.6 is 11.6 Å². The topological polar surface area (TPSA) is 71.3 Å². The summed E-state index contributed by atoms with van der Waals surface area (Å²) in [5, 5.41) is 5.75. The van der Waals surface area contributed by atoms with Gasteiger partial charge in [-0.3, -0.25) is 9.59 Å². The van der Waals surface area contributed by atoms with Crippen molar-refractivity contribution in [3.63, 3.8) is 0 Å². The third-order valence-corrected chi connectivity index (χ3v) is 2.83. The van der Waals surface area contributed by atoms with Crippen LogP contribution in [0.2, 0.25) is 5.02 Å². The lowest BCUT2D eigenvalue weighted by Crippen LogP contribution is -2.24. The summed E-state index contributed by atoms with van der Waals surface area (Å²) in [5.74, 6) is -0.649. The Balaban J connectivity index is 2.27. The smallest absolute Gasteiger partial charge is 0.258 e. The molecule has 104 valence electrons. The summed E-state index contributed by atoms with van der Waals surface area (Å²) in [6, 6.07) is 6.24. The highest BCUT2D eigenvalue weighted by Crippen LogP contribution is 2.21. The van der Waals surface area contributed by atoms with Gasteiger partial charge in [0.25, 0.3) is 11.8 Å². The first kappa shape index (κ1) is 14.1. The molecular formula is C14H13ClN2O3. The summed E-state index contributed by atoms with van der Waals surface area (Å²) in [6.07, 6.45) is 2.73. The normalized spacial score (nSPS) is 10.1. The molecule has 2 N–H and O–H groups in total. The molecule has 2 aromatic rings. The van der Waals surface area contributed by atoms with E-state index >= 15 is 0 Å². The van der Waals surface area contributed by atoms with E-state index < -0.39 is 0 Å². The van der Waals surface area contributed by atoms with Crippen molar-refractivity contribution in [1.29, 1.82) is 0 Å². The van der Waals surface area contributed by atoms with E-state index in [2.05, 4.69) is 10.6 Å². The second-order valence-electron chi connectivity index (χ2n) is 4.02. The average molecular weight is 293 g/mol. The number of hydrogen-bond acceptors (Lipinski definition) is 3. The molecule has 0 unspecified atom stereocenters. The molecule has 0 saturated heterocycles. The highest BCUT2D eigenvalue weighted by molar-refractivity contribution is 6.31. The van der Waals surface area contributed by atoms with Crippen molar-refractivity contribution < 1.29 is 14.0 Å². The molecule has 0 radical (unpaired) electrons. The molecule has 1 aromatic heterocycles. The van der Waals surface area contributed by atoms with Crippen LogP contribution in [0.25, 0.3) is 0 Å². The molecule has 0 aliphatic carbocycles. The zero-order valence-corrected chi connectivity index (χ0v) is 11.5. The minimum atomic E-state index is -0.355. The molecule has 0 fully saturated rings. The number of nitrogens with one attached hydrogen (secondary N) is 2. The first-order valence-electron chi connectivity index (χ1n) is 6.03. The summed E-state index contributed by atoms with van der Waals surface area (Å²) < 4.78 is 4.85. The number of carbonyl (C=O) groups is 2. The molecule has 5 nitrogen and oxygen atoms in total. The Kier molecular flexibility index (Phi) is 4.42. The predicted molar refractivity (Wildman–Crippen MR) is 76.1 cm³/mol. The maximum absolute atomic E-state index is 12.0. The third-order valence-electron chi connectivity index (χ3n) is 2.60. The molecule has 2 rings (SSSR count). The molecule has 0 bridgehead atoms. The van der Waals surface area contributed by atoms with E-state index in [1.807, 2.05) is 6.92 Å². The van der Waals surface area contributed by atoms with Crippen molar-refractivity contribution in [2.75, 3.05) is 11.9 Å². The highest BCUT2D eigenvalue weighted by atomic mass is 35.5. The van der Waals surface area contributed by atoms with Gasteiger partial charge in [0.2, 0.25) is 0 Å². The van der Waals surface area contributed by atoms with E-state index in [0.717, 1.165) is 0 Å². The van der Waals surface area contributed by atoms with E-state index in [9.17, 15) is 9.59 Å². The molecular weight excluding hydrogens is 280 g/mol. The second kappa shape index (κ2) is 6.25. The Bertz CT molecular complexity index is 623. The Morgan fingerprint density at radius 3 is 2.70 bits per heavy atom. The van der Waals surface area contributed by atoms with Crippen molar-refractivity contribution in [2.45, 2.75) is 6.92 Å². The zero-order chi connectivity index (χ0) is 14.5. The molecule has 0 aliphatic rings. The first-order chi connectivity index (χ1) is 9.61. The number of halogens is 1. The molecule has 1 aromatic carbocycles. The van der Waals surface area contributed by atoms with Gasteiger partial charge < -0.3 is 15.1 Å². The van der Waals surface area contributed by atoms with E-state index in [1.165, 1.54) is 24.7 Å². The van der Waals surface area contributed by atoms with Crippen molar-refractivity contribution in [3.05, 3.63) is 52.9 Å². The van der Waals surface area contributed by atoms with E-state index in [4.69, 9.17) is 16.0 Å². The minimum Gasteiger partial charge on any atom is -0.472 e. The van der Waals surface area contributed by atoms with Crippen LogP contribution in [-0.2, 0) is 0 Å². The summed E-state index contributed by atoms with van der Waals surface area (Å²) in [5.41, 5.74) is 1.09. The van der Waals surface area contributed by atoms with Gasteiger partial charge in [0.15, 0.2) is 0 Å². The number of benzene rings is 1.